The molecule has 1 rings (SSSR count). The van der Waals surface area contributed by atoms with Gasteiger partial charge in [-0.15, -0.1) is 0 Å². The predicted molar refractivity (Wildman–Crippen MR) is 61.9 cm³/mol. The van der Waals surface area contributed by atoms with Crippen LogP contribution in [0.25, 0.3) is 0 Å². The van der Waals surface area contributed by atoms with E-state index in [1.54, 1.807) is 6.07 Å². The normalized spacial score (nSPS) is 10.8. The average molecular weight is 226 g/mol. The van der Waals surface area contributed by atoms with Crippen LogP contribution >= 0.6 is 0 Å². The van der Waals surface area contributed by atoms with Crippen LogP contribution in [0.3, 0.4) is 0 Å². The monoisotopic (exact) mass is 226 g/mol. The van der Waals surface area contributed by atoms with Crippen LogP contribution in [0, 0.1) is 11.7 Å². The predicted octanol–water partition coefficient (Wildman–Crippen LogP) is 3.13. The first kappa shape index (κ1) is 13.0. The van der Waals surface area contributed by atoms with Gasteiger partial charge in [0.25, 0.3) is 0 Å². The maximum Gasteiger partial charge on any atom is 0.127 e. The van der Waals surface area contributed by atoms with Crippen LogP contribution in [0.5, 0.6) is 5.75 Å². The molecule has 0 saturated heterocycles. The fourth-order valence-electron chi connectivity index (χ4n) is 1.53. The molecule has 0 aliphatic rings. The van der Waals surface area contributed by atoms with Gasteiger partial charge in [-0.2, -0.15) is 0 Å². The molecule has 1 aromatic carbocycles. The molecule has 0 bridgehead atoms. The standard InChI is InChI=1S/C13H19FO2/c1-3-10(4-2)9-16-13-6-11(8-15)5-12(14)7-13/h5-7,10,15H,3-4,8-9H2,1-2H3. The molecule has 16 heavy (non-hydrogen) atoms. The van der Waals surface area contributed by atoms with E-state index in [0.29, 0.717) is 23.8 Å². The second-order valence-electron chi connectivity index (χ2n) is 3.95. The molecular weight excluding hydrogens is 207 g/mol. The number of aliphatic hydroxyl groups is 1. The van der Waals surface area contributed by atoms with Crippen LogP contribution in [0.1, 0.15) is 32.3 Å². The molecule has 90 valence electrons. The topological polar surface area (TPSA) is 29.5 Å². The second-order valence-corrected chi connectivity index (χ2v) is 3.95. The van der Waals surface area contributed by atoms with E-state index >= 15 is 0 Å². The summed E-state index contributed by atoms with van der Waals surface area (Å²) in [5.41, 5.74) is 0.541. The lowest BCUT2D eigenvalue weighted by molar-refractivity contribution is 0.238. The summed E-state index contributed by atoms with van der Waals surface area (Å²) in [4.78, 5) is 0. The van der Waals surface area contributed by atoms with Crippen molar-refractivity contribution in [1.82, 2.24) is 0 Å². The molecule has 1 N–H and O–H groups in total. The molecule has 0 radical (unpaired) electrons. The van der Waals surface area contributed by atoms with E-state index in [1.807, 2.05) is 0 Å². The number of hydrogen-bond donors (Lipinski definition) is 1. The van der Waals surface area contributed by atoms with Crippen molar-refractivity contribution in [2.75, 3.05) is 6.61 Å². The molecule has 0 fully saturated rings. The van der Waals surface area contributed by atoms with Gasteiger partial charge in [-0.1, -0.05) is 26.7 Å². The maximum absolute atomic E-state index is 13.1. The zero-order valence-electron chi connectivity index (χ0n) is 9.87. The summed E-state index contributed by atoms with van der Waals surface area (Å²) >= 11 is 0. The highest BCUT2D eigenvalue weighted by Gasteiger charge is 2.06. The van der Waals surface area contributed by atoms with Crippen molar-refractivity contribution in [2.24, 2.45) is 5.92 Å². The number of halogens is 1. The van der Waals surface area contributed by atoms with E-state index in [-0.39, 0.29) is 12.4 Å². The highest BCUT2D eigenvalue weighted by atomic mass is 19.1. The first-order valence-electron chi connectivity index (χ1n) is 5.72. The summed E-state index contributed by atoms with van der Waals surface area (Å²) in [5, 5.41) is 8.93. The highest BCUT2D eigenvalue weighted by molar-refractivity contribution is 5.29. The molecule has 0 heterocycles. The van der Waals surface area contributed by atoms with E-state index in [4.69, 9.17) is 9.84 Å². The number of aliphatic hydroxyl groups excluding tert-OH is 1. The lowest BCUT2D eigenvalue weighted by Gasteiger charge is -2.14. The Morgan fingerprint density at radius 1 is 1.25 bits per heavy atom. The third-order valence-corrected chi connectivity index (χ3v) is 2.75. The SMILES string of the molecule is CCC(CC)COc1cc(F)cc(CO)c1. The minimum absolute atomic E-state index is 0.168. The molecule has 0 aliphatic carbocycles. The Labute approximate surface area is 96.1 Å². The lowest BCUT2D eigenvalue weighted by atomic mass is 10.1. The van der Waals surface area contributed by atoms with Gasteiger partial charge in [-0.05, 0) is 23.6 Å². The van der Waals surface area contributed by atoms with Gasteiger partial charge in [0.15, 0.2) is 0 Å². The maximum atomic E-state index is 13.1. The van der Waals surface area contributed by atoms with Gasteiger partial charge in [0, 0.05) is 6.07 Å². The van der Waals surface area contributed by atoms with Gasteiger partial charge in [0.2, 0.25) is 0 Å². The third-order valence-electron chi connectivity index (χ3n) is 2.75. The fourth-order valence-corrected chi connectivity index (χ4v) is 1.53. The summed E-state index contributed by atoms with van der Waals surface area (Å²) in [6.07, 6.45) is 2.11. The van der Waals surface area contributed by atoms with Crippen molar-refractivity contribution in [1.29, 1.82) is 0 Å². The van der Waals surface area contributed by atoms with Crippen molar-refractivity contribution in [2.45, 2.75) is 33.3 Å². The van der Waals surface area contributed by atoms with Crippen LogP contribution in [0.2, 0.25) is 0 Å². The van der Waals surface area contributed by atoms with Crippen molar-refractivity contribution >= 4 is 0 Å². The summed E-state index contributed by atoms with van der Waals surface area (Å²) in [7, 11) is 0. The Hall–Kier alpha value is -1.09. The minimum atomic E-state index is -0.369. The Kier molecular flexibility index (Phi) is 5.26. The molecule has 0 aliphatic heterocycles. The second kappa shape index (κ2) is 6.48. The van der Waals surface area contributed by atoms with E-state index in [9.17, 15) is 4.39 Å². The van der Waals surface area contributed by atoms with Gasteiger partial charge < -0.3 is 9.84 Å². The van der Waals surface area contributed by atoms with Crippen molar-refractivity contribution in [3.8, 4) is 5.75 Å². The molecule has 1 aromatic rings. The number of ether oxygens (including phenoxy) is 1. The molecule has 0 aromatic heterocycles. The molecule has 0 saturated carbocycles. The largest absolute Gasteiger partial charge is 0.493 e. The van der Waals surface area contributed by atoms with E-state index in [0.717, 1.165) is 12.8 Å². The molecule has 0 amide bonds. The summed E-state index contributed by atoms with van der Waals surface area (Å²) < 4.78 is 18.6. The summed E-state index contributed by atoms with van der Waals surface area (Å²) in [6, 6.07) is 4.33. The van der Waals surface area contributed by atoms with Crippen LogP contribution in [0.15, 0.2) is 18.2 Å². The number of benzene rings is 1. The van der Waals surface area contributed by atoms with Crippen LogP contribution < -0.4 is 4.74 Å². The van der Waals surface area contributed by atoms with Crippen LogP contribution in [0.4, 0.5) is 4.39 Å². The molecule has 0 spiro atoms. The first-order valence-corrected chi connectivity index (χ1v) is 5.72. The van der Waals surface area contributed by atoms with Crippen molar-refractivity contribution in [3.63, 3.8) is 0 Å². The zero-order chi connectivity index (χ0) is 12.0. The van der Waals surface area contributed by atoms with E-state index < -0.39 is 0 Å². The van der Waals surface area contributed by atoms with E-state index in [2.05, 4.69) is 13.8 Å². The average Bonchev–Trinajstić information content (AvgIpc) is 2.29. The number of rotatable bonds is 6. The zero-order valence-corrected chi connectivity index (χ0v) is 9.87. The molecule has 0 atom stereocenters. The van der Waals surface area contributed by atoms with Gasteiger partial charge in [-0.3, -0.25) is 0 Å². The molecule has 3 heteroatoms. The van der Waals surface area contributed by atoms with Crippen molar-refractivity contribution in [3.05, 3.63) is 29.6 Å². The molecular formula is C13H19FO2. The summed E-state index contributed by atoms with van der Waals surface area (Å²) in [6.45, 7) is 4.66. The Morgan fingerprint density at radius 2 is 1.94 bits per heavy atom. The first-order chi connectivity index (χ1) is 7.69. The van der Waals surface area contributed by atoms with Gasteiger partial charge >= 0.3 is 0 Å². The lowest BCUT2D eigenvalue weighted by Crippen LogP contribution is -2.10. The van der Waals surface area contributed by atoms with Gasteiger partial charge in [0.1, 0.15) is 11.6 Å². The van der Waals surface area contributed by atoms with Gasteiger partial charge in [0.05, 0.1) is 13.2 Å². The van der Waals surface area contributed by atoms with Gasteiger partial charge in [-0.25, -0.2) is 4.39 Å². The number of hydrogen-bond acceptors (Lipinski definition) is 2. The van der Waals surface area contributed by atoms with Crippen LogP contribution in [-0.4, -0.2) is 11.7 Å². The quantitative estimate of drug-likeness (QED) is 0.807. The third kappa shape index (κ3) is 3.81. The van der Waals surface area contributed by atoms with Crippen LogP contribution in [-0.2, 0) is 6.61 Å². The fraction of sp³-hybridized carbons (Fsp3) is 0.538. The smallest absolute Gasteiger partial charge is 0.127 e. The summed E-state index contributed by atoms with van der Waals surface area (Å²) in [5.74, 6) is 0.628. The molecule has 0 unspecified atom stereocenters. The highest BCUT2D eigenvalue weighted by Crippen LogP contribution is 2.18. The van der Waals surface area contributed by atoms with Crippen molar-refractivity contribution < 1.29 is 14.2 Å². The van der Waals surface area contributed by atoms with E-state index in [1.165, 1.54) is 12.1 Å². The Balaban J connectivity index is 2.62. The Morgan fingerprint density at radius 3 is 2.50 bits per heavy atom. The minimum Gasteiger partial charge on any atom is -0.493 e. The Bertz CT molecular complexity index is 322. The molecule has 2 nitrogen and oxygen atoms in total.